The standard InChI is InChI=1S/C13H17N3O2/c1-7(14)6-10-9-4-2-8-3-5-11(17)18-13(8)12(9)16-15-10/h2-4,7,9-11,17H,5-6,14H2,1H3. The van der Waals surface area contributed by atoms with E-state index in [-0.39, 0.29) is 18.0 Å². The number of aliphatic hydroxyl groups excluding tert-OH is 1. The maximum absolute atomic E-state index is 9.56. The van der Waals surface area contributed by atoms with E-state index >= 15 is 0 Å². The third-order valence-electron chi connectivity index (χ3n) is 3.43. The first kappa shape index (κ1) is 11.6. The Morgan fingerprint density at radius 1 is 1.61 bits per heavy atom. The highest BCUT2D eigenvalue weighted by molar-refractivity contribution is 5.47. The number of aliphatic hydroxyl groups is 1. The minimum atomic E-state index is -0.772. The highest BCUT2D eigenvalue weighted by Crippen LogP contribution is 2.41. The monoisotopic (exact) mass is 247 g/mol. The molecule has 18 heavy (non-hydrogen) atoms. The summed E-state index contributed by atoms with van der Waals surface area (Å²) in [4.78, 5) is 0. The van der Waals surface area contributed by atoms with Crippen molar-refractivity contribution in [1.82, 2.24) is 0 Å². The number of fused-ring (bicyclic) bond motifs is 2. The molecule has 96 valence electrons. The van der Waals surface area contributed by atoms with Crippen LogP contribution < -0.4 is 5.73 Å². The summed E-state index contributed by atoms with van der Waals surface area (Å²) in [5.74, 6) is 0.811. The fraction of sp³-hybridized carbons (Fsp3) is 0.538. The maximum Gasteiger partial charge on any atom is 0.201 e. The minimum absolute atomic E-state index is 0.0907. The van der Waals surface area contributed by atoms with Crippen LogP contribution in [-0.4, -0.2) is 23.5 Å². The Kier molecular flexibility index (Phi) is 2.80. The Morgan fingerprint density at radius 3 is 3.22 bits per heavy atom. The molecule has 4 unspecified atom stereocenters. The van der Waals surface area contributed by atoms with Crippen LogP contribution in [0.2, 0.25) is 0 Å². The topological polar surface area (TPSA) is 80.2 Å². The van der Waals surface area contributed by atoms with Gasteiger partial charge in [0.1, 0.15) is 5.70 Å². The summed E-state index contributed by atoms with van der Waals surface area (Å²) >= 11 is 0. The summed E-state index contributed by atoms with van der Waals surface area (Å²) in [6.07, 6.45) is 6.65. The fourth-order valence-electron chi connectivity index (χ4n) is 2.58. The van der Waals surface area contributed by atoms with Crippen molar-refractivity contribution in [3.63, 3.8) is 0 Å². The zero-order valence-electron chi connectivity index (χ0n) is 10.3. The van der Waals surface area contributed by atoms with Gasteiger partial charge in [0.15, 0.2) is 5.76 Å². The van der Waals surface area contributed by atoms with Crippen LogP contribution in [0.5, 0.6) is 0 Å². The number of rotatable bonds is 2. The van der Waals surface area contributed by atoms with Crippen LogP contribution in [0.4, 0.5) is 0 Å². The zero-order valence-corrected chi connectivity index (χ0v) is 10.3. The largest absolute Gasteiger partial charge is 0.462 e. The summed E-state index contributed by atoms with van der Waals surface area (Å²) in [5, 5.41) is 18.1. The van der Waals surface area contributed by atoms with Crippen molar-refractivity contribution in [1.29, 1.82) is 0 Å². The lowest BCUT2D eigenvalue weighted by atomic mass is 9.87. The third-order valence-corrected chi connectivity index (χ3v) is 3.43. The van der Waals surface area contributed by atoms with E-state index < -0.39 is 6.29 Å². The van der Waals surface area contributed by atoms with Gasteiger partial charge in [-0.2, -0.15) is 10.2 Å². The Labute approximate surface area is 106 Å². The van der Waals surface area contributed by atoms with Crippen molar-refractivity contribution in [2.45, 2.75) is 38.1 Å². The minimum Gasteiger partial charge on any atom is -0.462 e. The van der Waals surface area contributed by atoms with Gasteiger partial charge in [0, 0.05) is 24.0 Å². The molecule has 4 atom stereocenters. The van der Waals surface area contributed by atoms with Crippen LogP contribution in [0, 0.1) is 5.92 Å². The Hall–Kier alpha value is -1.46. The van der Waals surface area contributed by atoms with Crippen molar-refractivity contribution >= 4 is 0 Å². The molecule has 0 saturated heterocycles. The molecular formula is C13H17N3O2. The second kappa shape index (κ2) is 4.33. The lowest BCUT2D eigenvalue weighted by Gasteiger charge is -2.27. The van der Waals surface area contributed by atoms with Crippen LogP contribution in [0.3, 0.4) is 0 Å². The van der Waals surface area contributed by atoms with Crippen LogP contribution in [-0.2, 0) is 4.74 Å². The van der Waals surface area contributed by atoms with Crippen LogP contribution >= 0.6 is 0 Å². The molecule has 0 spiro atoms. The van der Waals surface area contributed by atoms with E-state index in [0.29, 0.717) is 12.2 Å². The highest BCUT2D eigenvalue weighted by atomic mass is 16.6. The van der Waals surface area contributed by atoms with Crippen molar-refractivity contribution in [2.24, 2.45) is 21.9 Å². The van der Waals surface area contributed by atoms with Gasteiger partial charge in [0.05, 0.1) is 6.04 Å². The van der Waals surface area contributed by atoms with Gasteiger partial charge >= 0.3 is 0 Å². The second-order valence-electron chi connectivity index (χ2n) is 5.06. The van der Waals surface area contributed by atoms with Gasteiger partial charge in [0.2, 0.25) is 6.29 Å². The van der Waals surface area contributed by atoms with Crippen LogP contribution in [0.1, 0.15) is 19.8 Å². The van der Waals surface area contributed by atoms with Crippen molar-refractivity contribution in [3.8, 4) is 0 Å². The number of hydrogen-bond donors (Lipinski definition) is 2. The smallest absolute Gasteiger partial charge is 0.201 e. The normalized spacial score (nSPS) is 34.8. The second-order valence-corrected chi connectivity index (χ2v) is 5.06. The number of azo groups is 1. The van der Waals surface area contributed by atoms with E-state index in [9.17, 15) is 5.11 Å². The molecule has 2 aliphatic heterocycles. The van der Waals surface area contributed by atoms with E-state index in [2.05, 4.69) is 16.3 Å². The third kappa shape index (κ3) is 1.89. The number of ether oxygens (including phenoxy) is 1. The van der Waals surface area contributed by atoms with Crippen molar-refractivity contribution in [2.75, 3.05) is 0 Å². The lowest BCUT2D eigenvalue weighted by molar-refractivity contribution is -0.0652. The summed E-state index contributed by atoms with van der Waals surface area (Å²) in [6, 6.07) is 0.189. The fourth-order valence-corrected chi connectivity index (χ4v) is 2.58. The molecule has 5 heteroatoms. The first-order chi connectivity index (χ1) is 8.65. The average Bonchev–Trinajstić information content (AvgIpc) is 2.72. The molecule has 0 bridgehead atoms. The molecule has 0 fully saturated rings. The molecule has 0 aromatic carbocycles. The van der Waals surface area contributed by atoms with E-state index in [0.717, 1.165) is 17.7 Å². The summed E-state index contributed by atoms with van der Waals surface area (Å²) < 4.78 is 5.49. The molecule has 0 aromatic heterocycles. The first-order valence-electron chi connectivity index (χ1n) is 6.29. The average molecular weight is 247 g/mol. The molecule has 0 saturated carbocycles. The molecule has 0 aromatic rings. The summed E-state index contributed by atoms with van der Waals surface area (Å²) in [5.41, 5.74) is 7.64. The quantitative estimate of drug-likeness (QED) is 0.778. The molecule has 2 heterocycles. The van der Waals surface area contributed by atoms with E-state index in [1.165, 1.54) is 0 Å². The van der Waals surface area contributed by atoms with Gasteiger partial charge in [-0.05, 0) is 13.3 Å². The molecule has 3 rings (SSSR count). The van der Waals surface area contributed by atoms with Crippen LogP contribution in [0.15, 0.2) is 45.5 Å². The van der Waals surface area contributed by atoms with Crippen molar-refractivity contribution < 1.29 is 9.84 Å². The van der Waals surface area contributed by atoms with E-state index in [1.807, 2.05) is 19.1 Å². The number of nitrogens with zero attached hydrogens (tertiary/aromatic N) is 2. The molecule has 0 radical (unpaired) electrons. The SMILES string of the molecule is CC(N)CC1N=NC2=C3OC(O)CC=C3C=CC21. The van der Waals surface area contributed by atoms with Gasteiger partial charge in [-0.15, -0.1) is 0 Å². The van der Waals surface area contributed by atoms with Gasteiger partial charge < -0.3 is 15.6 Å². The highest BCUT2D eigenvalue weighted by Gasteiger charge is 2.36. The van der Waals surface area contributed by atoms with Crippen LogP contribution in [0.25, 0.3) is 0 Å². The van der Waals surface area contributed by atoms with E-state index in [4.69, 9.17) is 10.5 Å². The number of hydrogen-bond acceptors (Lipinski definition) is 5. The van der Waals surface area contributed by atoms with Gasteiger partial charge in [-0.3, -0.25) is 0 Å². The Bertz CT molecular complexity index is 477. The number of nitrogens with two attached hydrogens (primary N) is 1. The maximum atomic E-state index is 9.56. The van der Waals surface area contributed by atoms with E-state index in [1.54, 1.807) is 0 Å². The molecule has 3 N–H and O–H groups in total. The predicted octanol–water partition coefficient (Wildman–Crippen LogP) is 1.62. The Balaban J connectivity index is 1.91. The predicted molar refractivity (Wildman–Crippen MR) is 66.4 cm³/mol. The molecular weight excluding hydrogens is 230 g/mol. The Morgan fingerprint density at radius 2 is 2.44 bits per heavy atom. The molecule has 0 amide bonds. The number of allylic oxidation sites excluding steroid dienone is 1. The zero-order chi connectivity index (χ0) is 12.7. The van der Waals surface area contributed by atoms with Gasteiger partial charge in [0.25, 0.3) is 0 Å². The summed E-state index contributed by atoms with van der Waals surface area (Å²) in [7, 11) is 0. The molecule has 5 nitrogen and oxygen atoms in total. The summed E-state index contributed by atoms with van der Waals surface area (Å²) in [6.45, 7) is 1.97. The molecule has 1 aliphatic carbocycles. The lowest BCUT2D eigenvalue weighted by Crippen LogP contribution is -2.27. The van der Waals surface area contributed by atoms with Gasteiger partial charge in [-0.25, -0.2) is 0 Å². The molecule has 3 aliphatic rings. The van der Waals surface area contributed by atoms with Gasteiger partial charge in [-0.1, -0.05) is 18.2 Å². The first-order valence-corrected chi connectivity index (χ1v) is 6.29. The van der Waals surface area contributed by atoms with Crippen molar-refractivity contribution in [3.05, 3.63) is 35.3 Å².